The number of benzene rings is 1. The number of nitrogens with two attached hydrogens (primary N) is 1. The Kier molecular flexibility index (Phi) is 6.13. The van der Waals surface area contributed by atoms with E-state index in [0.717, 1.165) is 10.4 Å². The Hall–Kier alpha value is -1.99. The molecule has 4 nitrogen and oxygen atoms in total. The van der Waals surface area contributed by atoms with Gasteiger partial charge in [-0.3, -0.25) is 4.79 Å². The number of thiophene rings is 1. The van der Waals surface area contributed by atoms with E-state index in [1.54, 1.807) is 30.1 Å². The molecule has 0 saturated carbocycles. The Labute approximate surface area is 150 Å². The van der Waals surface area contributed by atoms with Gasteiger partial charge in [-0.25, -0.2) is 0 Å². The predicted octanol–water partition coefficient (Wildman–Crippen LogP) is 4.07. The molecule has 2 N–H and O–H groups in total. The van der Waals surface area contributed by atoms with Crippen LogP contribution in [0.3, 0.4) is 0 Å². The molecule has 2 aromatic rings. The lowest BCUT2D eigenvalue weighted by molar-refractivity contribution is -0.0498. The van der Waals surface area contributed by atoms with Gasteiger partial charge in [0.2, 0.25) is 0 Å². The van der Waals surface area contributed by atoms with Gasteiger partial charge in [-0.15, -0.1) is 11.3 Å². The Morgan fingerprint density at radius 3 is 2.44 bits per heavy atom. The summed E-state index contributed by atoms with van der Waals surface area (Å²) in [5, 5.41) is 0. The molecule has 1 amide bonds. The van der Waals surface area contributed by atoms with Gasteiger partial charge in [-0.1, -0.05) is 13.8 Å². The molecular weight excluding hydrogens is 346 g/mol. The molecular formula is C18H22F2N2O2S. The Morgan fingerprint density at radius 1 is 1.24 bits per heavy atom. The second-order valence-corrected chi connectivity index (χ2v) is 7.68. The molecule has 0 spiro atoms. The Balaban J connectivity index is 2.10. The third kappa shape index (κ3) is 5.24. The Morgan fingerprint density at radius 2 is 1.88 bits per heavy atom. The predicted molar refractivity (Wildman–Crippen MR) is 96.2 cm³/mol. The van der Waals surface area contributed by atoms with Crippen LogP contribution in [-0.4, -0.2) is 37.6 Å². The number of hydrogen-bond donors (Lipinski definition) is 1. The highest BCUT2D eigenvalue weighted by atomic mass is 32.1. The van der Waals surface area contributed by atoms with Crippen LogP contribution in [0, 0.1) is 5.41 Å². The van der Waals surface area contributed by atoms with Gasteiger partial charge in [-0.05, 0) is 53.9 Å². The van der Waals surface area contributed by atoms with Crippen LogP contribution in [0.1, 0.15) is 23.5 Å². The summed E-state index contributed by atoms with van der Waals surface area (Å²) in [6.07, 6.45) is 0. The lowest BCUT2D eigenvalue weighted by Gasteiger charge is -2.28. The van der Waals surface area contributed by atoms with Crippen molar-refractivity contribution in [3.8, 4) is 16.2 Å². The minimum Gasteiger partial charge on any atom is -0.435 e. The fourth-order valence-corrected chi connectivity index (χ4v) is 3.38. The normalized spacial score (nSPS) is 11.6. The summed E-state index contributed by atoms with van der Waals surface area (Å²) in [6, 6.07) is 9.98. The van der Waals surface area contributed by atoms with Crippen molar-refractivity contribution in [2.75, 3.05) is 20.1 Å². The first kappa shape index (κ1) is 19.3. The maximum Gasteiger partial charge on any atom is 0.387 e. The molecule has 2 rings (SSSR count). The highest BCUT2D eigenvalue weighted by molar-refractivity contribution is 7.17. The highest BCUT2D eigenvalue weighted by Crippen LogP contribution is 2.30. The van der Waals surface area contributed by atoms with Crippen LogP contribution in [0.2, 0.25) is 0 Å². The summed E-state index contributed by atoms with van der Waals surface area (Å²) in [5.41, 5.74) is 6.42. The largest absolute Gasteiger partial charge is 0.435 e. The molecule has 0 aliphatic heterocycles. The van der Waals surface area contributed by atoms with Crippen molar-refractivity contribution in [3.05, 3.63) is 41.3 Å². The second-order valence-electron chi connectivity index (χ2n) is 6.60. The quantitative estimate of drug-likeness (QED) is 0.801. The zero-order chi connectivity index (χ0) is 18.6. The first-order valence-electron chi connectivity index (χ1n) is 7.82. The Bertz CT molecular complexity index is 714. The van der Waals surface area contributed by atoms with Crippen LogP contribution in [-0.2, 0) is 0 Å². The van der Waals surface area contributed by atoms with Crippen LogP contribution in [0.4, 0.5) is 8.78 Å². The van der Waals surface area contributed by atoms with E-state index in [4.69, 9.17) is 5.73 Å². The van der Waals surface area contributed by atoms with Crippen LogP contribution >= 0.6 is 11.3 Å². The minimum absolute atomic E-state index is 0.0598. The number of carbonyl (C=O) groups excluding carboxylic acids is 1. The molecule has 1 aromatic carbocycles. The van der Waals surface area contributed by atoms with Gasteiger partial charge in [0.25, 0.3) is 5.91 Å². The topological polar surface area (TPSA) is 55.6 Å². The van der Waals surface area contributed by atoms with Gasteiger partial charge in [0.05, 0.1) is 4.88 Å². The molecule has 1 heterocycles. The summed E-state index contributed by atoms with van der Waals surface area (Å²) in [4.78, 5) is 15.7. The lowest BCUT2D eigenvalue weighted by atomic mass is 9.93. The number of amides is 1. The zero-order valence-electron chi connectivity index (χ0n) is 14.5. The van der Waals surface area contributed by atoms with E-state index in [-0.39, 0.29) is 17.1 Å². The van der Waals surface area contributed by atoms with E-state index >= 15 is 0 Å². The minimum atomic E-state index is -2.84. The molecule has 0 radical (unpaired) electrons. The van der Waals surface area contributed by atoms with Crippen molar-refractivity contribution in [1.29, 1.82) is 0 Å². The molecule has 25 heavy (non-hydrogen) atoms. The first-order valence-corrected chi connectivity index (χ1v) is 8.64. The van der Waals surface area contributed by atoms with Crippen molar-refractivity contribution < 1.29 is 18.3 Å². The summed E-state index contributed by atoms with van der Waals surface area (Å²) in [7, 11) is 1.76. The summed E-state index contributed by atoms with van der Waals surface area (Å²) < 4.78 is 28.7. The van der Waals surface area contributed by atoms with E-state index in [1.807, 2.05) is 19.9 Å². The van der Waals surface area contributed by atoms with Gasteiger partial charge >= 0.3 is 6.61 Å². The van der Waals surface area contributed by atoms with E-state index in [0.29, 0.717) is 18.0 Å². The first-order chi connectivity index (χ1) is 11.7. The summed E-state index contributed by atoms with van der Waals surface area (Å²) in [6.45, 7) is 2.24. The third-order valence-corrected chi connectivity index (χ3v) is 4.87. The van der Waals surface area contributed by atoms with Gasteiger partial charge in [-0.2, -0.15) is 8.78 Å². The number of carbonyl (C=O) groups is 1. The van der Waals surface area contributed by atoms with Crippen LogP contribution in [0.5, 0.6) is 5.75 Å². The molecule has 136 valence electrons. The van der Waals surface area contributed by atoms with E-state index in [2.05, 4.69) is 4.74 Å². The van der Waals surface area contributed by atoms with Gasteiger partial charge in [0, 0.05) is 18.5 Å². The van der Waals surface area contributed by atoms with Crippen molar-refractivity contribution >= 4 is 17.2 Å². The SMILES string of the molecule is CN(CC(C)(C)CN)C(=O)c1ccc(-c2ccc(OC(F)F)cc2)s1. The number of halogens is 2. The zero-order valence-corrected chi connectivity index (χ0v) is 15.3. The fraction of sp³-hybridized carbons (Fsp3) is 0.389. The van der Waals surface area contributed by atoms with Gasteiger partial charge < -0.3 is 15.4 Å². The molecule has 0 aliphatic carbocycles. The number of rotatable bonds is 7. The summed E-state index contributed by atoms with van der Waals surface area (Å²) in [5.74, 6) is 0.0470. The third-order valence-electron chi connectivity index (χ3n) is 3.75. The van der Waals surface area contributed by atoms with Crippen LogP contribution in [0.25, 0.3) is 10.4 Å². The molecule has 0 saturated heterocycles. The highest BCUT2D eigenvalue weighted by Gasteiger charge is 2.23. The second kappa shape index (κ2) is 7.93. The molecule has 7 heteroatoms. The van der Waals surface area contributed by atoms with Crippen LogP contribution < -0.4 is 10.5 Å². The van der Waals surface area contributed by atoms with E-state index in [1.165, 1.54) is 23.5 Å². The van der Waals surface area contributed by atoms with E-state index in [9.17, 15) is 13.6 Å². The standard InChI is InChI=1S/C18H22F2N2O2S/c1-18(2,10-21)11-22(3)16(23)15-9-8-14(25-15)12-4-6-13(7-5-12)24-17(19)20/h4-9,17H,10-11,21H2,1-3H3. The van der Waals surface area contributed by atoms with E-state index < -0.39 is 6.61 Å². The molecule has 0 bridgehead atoms. The van der Waals surface area contributed by atoms with Gasteiger partial charge in [0.15, 0.2) is 0 Å². The number of nitrogens with zero attached hydrogens (tertiary/aromatic N) is 1. The average molecular weight is 368 g/mol. The molecule has 0 fully saturated rings. The van der Waals surface area contributed by atoms with Crippen LogP contribution in [0.15, 0.2) is 36.4 Å². The lowest BCUT2D eigenvalue weighted by Crippen LogP contribution is -2.39. The van der Waals surface area contributed by atoms with Crippen molar-refractivity contribution in [2.45, 2.75) is 20.5 Å². The molecule has 1 aromatic heterocycles. The number of alkyl halides is 2. The maximum absolute atomic E-state index is 12.6. The fourth-order valence-electron chi connectivity index (χ4n) is 2.38. The number of hydrogen-bond acceptors (Lipinski definition) is 4. The molecule has 0 unspecified atom stereocenters. The smallest absolute Gasteiger partial charge is 0.387 e. The molecule has 0 aliphatic rings. The van der Waals surface area contributed by atoms with Crippen molar-refractivity contribution in [1.82, 2.24) is 4.90 Å². The number of ether oxygens (including phenoxy) is 1. The summed E-state index contributed by atoms with van der Waals surface area (Å²) >= 11 is 1.36. The van der Waals surface area contributed by atoms with Gasteiger partial charge in [0.1, 0.15) is 5.75 Å². The van der Waals surface area contributed by atoms with Crippen molar-refractivity contribution in [3.63, 3.8) is 0 Å². The van der Waals surface area contributed by atoms with Crippen molar-refractivity contribution in [2.24, 2.45) is 11.1 Å². The maximum atomic E-state index is 12.6. The monoisotopic (exact) mass is 368 g/mol. The average Bonchev–Trinajstić information content (AvgIpc) is 3.03. The molecule has 0 atom stereocenters.